The van der Waals surface area contributed by atoms with E-state index in [-0.39, 0.29) is 47.3 Å². The first kappa shape index (κ1) is 33.0. The van der Waals surface area contributed by atoms with E-state index in [9.17, 15) is 27.6 Å². The van der Waals surface area contributed by atoms with Gasteiger partial charge in [0.1, 0.15) is 23.0 Å². The lowest BCUT2D eigenvalue weighted by atomic mass is 9.99. The van der Waals surface area contributed by atoms with Crippen LogP contribution in [0.25, 0.3) is 11.1 Å². The molecule has 9 nitrogen and oxygen atoms in total. The Morgan fingerprint density at radius 3 is 2.20 bits per heavy atom. The Bertz CT molecular complexity index is 1690. The average molecular weight is 652 g/mol. The van der Waals surface area contributed by atoms with Crippen LogP contribution in [0.5, 0.6) is 0 Å². The van der Waals surface area contributed by atoms with Crippen molar-refractivity contribution in [3.63, 3.8) is 0 Å². The van der Waals surface area contributed by atoms with Gasteiger partial charge in [-0.2, -0.15) is 13.2 Å². The number of piperazine rings is 1. The van der Waals surface area contributed by atoms with Crippen LogP contribution >= 0.6 is 0 Å². The minimum Gasteiger partial charge on any atom is -0.379 e. The fourth-order valence-electron chi connectivity index (χ4n) is 5.68. The molecule has 246 valence electrons. The lowest BCUT2D eigenvalue weighted by Gasteiger charge is -2.44. The molecule has 46 heavy (non-hydrogen) atoms. The fourth-order valence-corrected chi connectivity index (χ4v) is 5.68. The molecule has 2 aromatic carbocycles. The smallest absolute Gasteiger partial charge is 0.379 e. The largest absolute Gasteiger partial charge is 0.417 e. The van der Waals surface area contributed by atoms with Crippen molar-refractivity contribution in [2.45, 2.75) is 44.6 Å². The van der Waals surface area contributed by atoms with Gasteiger partial charge in [0.2, 0.25) is 5.56 Å². The van der Waals surface area contributed by atoms with Crippen molar-refractivity contribution in [2.24, 2.45) is 0 Å². The number of aromatic nitrogens is 1. The van der Waals surface area contributed by atoms with Crippen LogP contribution in [0.15, 0.2) is 41.3 Å². The Labute approximate surface area is 259 Å². The molecule has 3 heterocycles. The minimum atomic E-state index is -5.05. The number of nitrogens with one attached hydrogen (secondary N) is 3. The third-order valence-electron chi connectivity index (χ3n) is 8.35. The number of nitrogens with zero attached hydrogens (tertiary/aromatic N) is 2. The molecule has 3 atom stereocenters. The standard InChI is InChI=1S/C31H31F6N5O4/c1-15-12-42(13-16(2)41(15)3)26-10-22(32)19(8-25(26)40-29(44)20-11-38-27(43)9-21(20)31(35,36)37)17-6-23(33)28(24(34)7-17)30(45)39-18-4-5-46-14-18/h6-11,15-16,18H,4-5,12-14H2,1-3H3,(H,38,43)(H,39,45)(H,40,44)/t15-,16+,18-/m1/s1. The normalized spacial score (nSPS) is 20.5. The van der Waals surface area contributed by atoms with Crippen LogP contribution in [-0.4, -0.2) is 73.2 Å². The summed E-state index contributed by atoms with van der Waals surface area (Å²) < 4.78 is 92.5. The van der Waals surface area contributed by atoms with Crippen LogP contribution in [-0.2, 0) is 10.9 Å². The second kappa shape index (κ2) is 12.8. The molecular formula is C31H31F6N5O4. The Morgan fingerprint density at radius 2 is 1.61 bits per heavy atom. The number of hydrogen-bond acceptors (Lipinski definition) is 6. The first-order chi connectivity index (χ1) is 21.6. The van der Waals surface area contributed by atoms with E-state index in [0.29, 0.717) is 32.3 Å². The molecule has 15 heteroatoms. The molecule has 3 aromatic rings. The van der Waals surface area contributed by atoms with Gasteiger partial charge < -0.3 is 25.3 Å². The maximum absolute atomic E-state index is 15.8. The van der Waals surface area contributed by atoms with Gasteiger partial charge in [-0.1, -0.05) is 0 Å². The molecule has 2 amide bonds. The molecule has 2 aliphatic heterocycles. The summed E-state index contributed by atoms with van der Waals surface area (Å²) in [6.45, 7) is 5.12. The van der Waals surface area contributed by atoms with E-state index in [1.165, 1.54) is 0 Å². The molecule has 3 N–H and O–H groups in total. The van der Waals surface area contributed by atoms with Gasteiger partial charge in [-0.25, -0.2) is 13.2 Å². The number of rotatable bonds is 6. The summed E-state index contributed by atoms with van der Waals surface area (Å²) in [7, 11) is 1.91. The molecule has 0 spiro atoms. The highest BCUT2D eigenvalue weighted by atomic mass is 19.4. The van der Waals surface area contributed by atoms with Gasteiger partial charge >= 0.3 is 6.18 Å². The van der Waals surface area contributed by atoms with Crippen molar-refractivity contribution >= 4 is 23.2 Å². The number of halogens is 6. The van der Waals surface area contributed by atoms with Gasteiger partial charge in [0.15, 0.2) is 0 Å². The summed E-state index contributed by atoms with van der Waals surface area (Å²) in [6.07, 6.45) is -3.96. The number of carbonyl (C=O) groups is 2. The van der Waals surface area contributed by atoms with Gasteiger partial charge in [0.25, 0.3) is 11.8 Å². The molecule has 2 fully saturated rings. The summed E-state index contributed by atoms with van der Waals surface area (Å²) in [5.41, 5.74) is -5.07. The minimum absolute atomic E-state index is 0.0382. The molecule has 0 bridgehead atoms. The predicted molar refractivity (Wildman–Crippen MR) is 157 cm³/mol. The zero-order chi connectivity index (χ0) is 33.5. The zero-order valence-corrected chi connectivity index (χ0v) is 25.0. The third kappa shape index (κ3) is 6.75. The topological polar surface area (TPSA) is 107 Å². The van der Waals surface area contributed by atoms with Crippen LogP contribution in [0, 0.1) is 17.5 Å². The third-order valence-corrected chi connectivity index (χ3v) is 8.35. The number of ether oxygens (including phenoxy) is 1. The Morgan fingerprint density at radius 1 is 0.957 bits per heavy atom. The second-order valence-electron chi connectivity index (χ2n) is 11.5. The number of hydrogen-bond donors (Lipinski definition) is 3. The van der Waals surface area contributed by atoms with Crippen molar-refractivity contribution in [2.75, 3.05) is 43.6 Å². The van der Waals surface area contributed by atoms with Gasteiger partial charge in [-0.3, -0.25) is 19.3 Å². The van der Waals surface area contributed by atoms with E-state index < -0.39 is 63.7 Å². The van der Waals surface area contributed by atoms with Crippen molar-refractivity contribution in [3.8, 4) is 11.1 Å². The molecule has 0 radical (unpaired) electrons. The molecule has 0 unspecified atom stereocenters. The highest BCUT2D eigenvalue weighted by Gasteiger charge is 2.36. The van der Waals surface area contributed by atoms with E-state index in [2.05, 4.69) is 20.5 Å². The quantitative estimate of drug-likeness (QED) is 0.332. The Hall–Kier alpha value is -4.37. The molecule has 2 aliphatic rings. The van der Waals surface area contributed by atoms with E-state index in [4.69, 9.17) is 4.74 Å². The number of likely N-dealkylation sites (N-methyl/N-ethyl adjacent to an activating group) is 1. The molecule has 5 rings (SSSR count). The highest BCUT2D eigenvalue weighted by molar-refractivity contribution is 6.07. The van der Waals surface area contributed by atoms with E-state index in [1.54, 1.807) is 4.90 Å². The van der Waals surface area contributed by atoms with Crippen molar-refractivity contribution in [1.29, 1.82) is 0 Å². The van der Waals surface area contributed by atoms with Gasteiger partial charge in [-0.05, 0) is 57.1 Å². The fraction of sp³-hybridized carbons (Fsp3) is 0.387. The number of amides is 2. The van der Waals surface area contributed by atoms with E-state index >= 15 is 13.2 Å². The maximum atomic E-state index is 15.8. The predicted octanol–water partition coefficient (Wildman–Crippen LogP) is 4.78. The second-order valence-corrected chi connectivity index (χ2v) is 11.5. The first-order valence-electron chi connectivity index (χ1n) is 14.4. The van der Waals surface area contributed by atoms with Crippen LogP contribution < -0.4 is 21.1 Å². The van der Waals surface area contributed by atoms with Crippen molar-refractivity contribution in [1.82, 2.24) is 15.2 Å². The van der Waals surface area contributed by atoms with Crippen LogP contribution in [0.4, 0.5) is 37.7 Å². The average Bonchev–Trinajstić information content (AvgIpc) is 3.48. The zero-order valence-electron chi connectivity index (χ0n) is 25.0. The summed E-state index contributed by atoms with van der Waals surface area (Å²) in [5.74, 6) is -5.76. The SMILES string of the molecule is C[C@@H]1CN(c2cc(F)c(-c3cc(F)c(C(=O)N[C@@H]4CCOC4)c(F)c3)cc2NC(=O)c2c[nH]c(=O)cc2C(F)(F)F)C[C@H](C)N1C. The Kier molecular flexibility index (Phi) is 9.18. The summed E-state index contributed by atoms with van der Waals surface area (Å²) in [6, 6.07) is 3.36. The number of carbonyl (C=O) groups excluding carboxylic acids is 2. The van der Waals surface area contributed by atoms with Crippen molar-refractivity contribution in [3.05, 3.63) is 81.0 Å². The van der Waals surface area contributed by atoms with Gasteiger partial charge in [0, 0.05) is 49.6 Å². The molecule has 1 aromatic heterocycles. The number of aromatic amines is 1. The lowest BCUT2D eigenvalue weighted by Crippen LogP contribution is -2.55. The number of benzene rings is 2. The molecule has 2 saturated heterocycles. The van der Waals surface area contributed by atoms with E-state index in [0.717, 1.165) is 24.3 Å². The molecular weight excluding hydrogens is 620 g/mol. The van der Waals surface area contributed by atoms with Crippen molar-refractivity contribution < 1.29 is 40.7 Å². The summed E-state index contributed by atoms with van der Waals surface area (Å²) >= 11 is 0. The van der Waals surface area contributed by atoms with Gasteiger partial charge in [0.05, 0.1) is 35.2 Å². The number of alkyl halides is 3. The monoisotopic (exact) mass is 651 g/mol. The molecule has 0 aliphatic carbocycles. The number of anilines is 2. The van der Waals surface area contributed by atoms with Crippen LogP contribution in [0.2, 0.25) is 0 Å². The van der Waals surface area contributed by atoms with Gasteiger partial charge in [-0.15, -0.1) is 0 Å². The summed E-state index contributed by atoms with van der Waals surface area (Å²) in [5, 5.41) is 4.88. The van der Waals surface area contributed by atoms with E-state index in [1.807, 2.05) is 20.9 Å². The van der Waals surface area contributed by atoms with Crippen LogP contribution in [0.1, 0.15) is 46.5 Å². The van der Waals surface area contributed by atoms with Crippen LogP contribution in [0.3, 0.4) is 0 Å². The number of pyridine rings is 1. The lowest BCUT2D eigenvalue weighted by molar-refractivity contribution is -0.138. The maximum Gasteiger partial charge on any atom is 0.417 e. The highest BCUT2D eigenvalue weighted by Crippen LogP contribution is 2.38. The number of H-pyrrole nitrogens is 1. The Balaban J connectivity index is 1.57. The first-order valence-corrected chi connectivity index (χ1v) is 14.4. The molecule has 0 saturated carbocycles. The summed E-state index contributed by atoms with van der Waals surface area (Å²) in [4.78, 5) is 43.4.